The zero-order chi connectivity index (χ0) is 14.9. The molecular weight excluding hydrogens is 244 g/mol. The number of ether oxygens (including phenoxy) is 1. The Kier molecular flexibility index (Phi) is 4.27. The topological polar surface area (TPSA) is 9.23 Å². The average molecular weight is 272 g/mol. The number of fused-ring (bicyclic) bond motifs is 1. The first-order valence-corrected chi connectivity index (χ1v) is 7.77. The van der Waals surface area contributed by atoms with E-state index in [-0.39, 0.29) is 0 Å². The molecule has 0 bridgehead atoms. The minimum absolute atomic E-state index is 0.325. The molecule has 1 heteroatoms. The highest BCUT2D eigenvalue weighted by Gasteiger charge is 2.23. The summed E-state index contributed by atoms with van der Waals surface area (Å²) in [6, 6.07) is 6.62. The van der Waals surface area contributed by atoms with Crippen molar-refractivity contribution in [3.8, 4) is 5.75 Å². The monoisotopic (exact) mass is 272 g/mol. The molecule has 1 atom stereocenters. The summed E-state index contributed by atoms with van der Waals surface area (Å²) in [5.74, 6) is 3.38. The molecular formula is C19H28O. The van der Waals surface area contributed by atoms with Gasteiger partial charge in [-0.15, -0.1) is 0 Å². The van der Waals surface area contributed by atoms with Crippen molar-refractivity contribution in [3.63, 3.8) is 0 Å². The van der Waals surface area contributed by atoms with Gasteiger partial charge in [-0.25, -0.2) is 0 Å². The molecule has 0 saturated carbocycles. The van der Waals surface area contributed by atoms with E-state index in [0.717, 1.165) is 24.4 Å². The van der Waals surface area contributed by atoms with Crippen LogP contribution in [0.2, 0.25) is 0 Å². The molecule has 1 aromatic rings. The third kappa shape index (κ3) is 3.45. The molecule has 0 spiro atoms. The normalized spacial score (nSPS) is 16.4. The number of allylic oxidation sites excluding steroid dienone is 2. The lowest BCUT2D eigenvalue weighted by atomic mass is 9.79. The van der Waals surface area contributed by atoms with Crippen molar-refractivity contribution in [1.82, 2.24) is 0 Å². The first-order valence-electron chi connectivity index (χ1n) is 7.77. The summed E-state index contributed by atoms with van der Waals surface area (Å²) in [5, 5.41) is 0. The van der Waals surface area contributed by atoms with Gasteiger partial charge in [-0.3, -0.25) is 0 Å². The molecule has 0 radical (unpaired) electrons. The lowest BCUT2D eigenvalue weighted by molar-refractivity contribution is 0.232. The van der Waals surface area contributed by atoms with Crippen molar-refractivity contribution in [1.29, 1.82) is 0 Å². The van der Waals surface area contributed by atoms with Crippen molar-refractivity contribution >= 4 is 0 Å². The van der Waals surface area contributed by atoms with Gasteiger partial charge in [0.05, 0.1) is 0 Å². The second kappa shape index (κ2) is 5.63. The van der Waals surface area contributed by atoms with Gasteiger partial charge in [0.25, 0.3) is 0 Å². The third-order valence-corrected chi connectivity index (χ3v) is 4.53. The molecule has 110 valence electrons. The highest BCUT2D eigenvalue weighted by molar-refractivity contribution is 5.42. The average Bonchev–Trinajstić information content (AvgIpc) is 2.36. The first-order chi connectivity index (χ1) is 9.27. The summed E-state index contributed by atoms with van der Waals surface area (Å²) in [7, 11) is 0. The van der Waals surface area contributed by atoms with Gasteiger partial charge in [0, 0.05) is 6.42 Å². The predicted molar refractivity (Wildman–Crippen MR) is 86.2 cm³/mol. The van der Waals surface area contributed by atoms with Crippen LogP contribution in [-0.4, -0.2) is 0 Å². The Bertz CT molecular complexity index is 503. The van der Waals surface area contributed by atoms with Crippen LogP contribution in [0.25, 0.3) is 0 Å². The molecule has 1 heterocycles. The molecule has 1 aliphatic heterocycles. The zero-order valence-corrected chi connectivity index (χ0v) is 13.8. The quantitative estimate of drug-likeness (QED) is 0.685. The summed E-state index contributed by atoms with van der Waals surface area (Å²) in [5.41, 5.74) is 3.04. The number of benzene rings is 1. The number of hydrogen-bond acceptors (Lipinski definition) is 1. The maximum Gasteiger partial charge on any atom is 0.130 e. The second-order valence-electron chi connectivity index (χ2n) is 7.47. The first kappa shape index (κ1) is 15.2. The lowest BCUT2D eigenvalue weighted by Crippen LogP contribution is -2.19. The fraction of sp³-hybridized carbons (Fsp3) is 0.579. The molecule has 0 fully saturated rings. The Labute approximate surface area is 124 Å². The smallest absolute Gasteiger partial charge is 0.130 e. The van der Waals surface area contributed by atoms with E-state index in [4.69, 9.17) is 4.74 Å². The Balaban J connectivity index is 2.10. The molecule has 20 heavy (non-hydrogen) atoms. The fourth-order valence-corrected chi connectivity index (χ4v) is 2.36. The van der Waals surface area contributed by atoms with Gasteiger partial charge < -0.3 is 4.74 Å². The lowest BCUT2D eigenvalue weighted by Gasteiger charge is -2.29. The summed E-state index contributed by atoms with van der Waals surface area (Å²) in [6.07, 6.45) is 4.28. The van der Waals surface area contributed by atoms with Crippen LogP contribution in [0.1, 0.15) is 65.0 Å². The highest BCUT2D eigenvalue weighted by atomic mass is 16.5. The van der Waals surface area contributed by atoms with E-state index in [1.165, 1.54) is 11.1 Å². The molecule has 1 aromatic carbocycles. The molecule has 0 N–H and O–H groups in total. The SMILES string of the molecule is CC(C)c1ccc2c(c1)CC=C(CC(C)C(C)(C)C)O2. The van der Waals surface area contributed by atoms with Crippen LogP contribution in [0.15, 0.2) is 30.0 Å². The van der Waals surface area contributed by atoms with Gasteiger partial charge >= 0.3 is 0 Å². The van der Waals surface area contributed by atoms with Gasteiger partial charge in [-0.2, -0.15) is 0 Å². The maximum atomic E-state index is 6.09. The molecule has 1 aliphatic rings. The Morgan fingerprint density at radius 1 is 1.15 bits per heavy atom. The molecule has 0 aromatic heterocycles. The van der Waals surface area contributed by atoms with Crippen LogP contribution in [0, 0.1) is 11.3 Å². The minimum Gasteiger partial charge on any atom is -0.462 e. The standard InChI is InChI=1S/C19H28O/c1-13(2)15-8-10-18-16(12-15)7-9-17(20-18)11-14(3)19(4,5)6/h8-10,12-14H,7,11H2,1-6H3. The van der Waals surface area contributed by atoms with E-state index in [1.54, 1.807) is 0 Å². The van der Waals surface area contributed by atoms with E-state index in [9.17, 15) is 0 Å². The summed E-state index contributed by atoms with van der Waals surface area (Å²) < 4.78 is 6.09. The molecule has 0 aliphatic carbocycles. The summed E-state index contributed by atoms with van der Waals surface area (Å²) in [6.45, 7) is 13.7. The van der Waals surface area contributed by atoms with Gasteiger partial charge in [0.15, 0.2) is 0 Å². The Morgan fingerprint density at radius 2 is 1.85 bits per heavy atom. The third-order valence-electron chi connectivity index (χ3n) is 4.53. The van der Waals surface area contributed by atoms with Crippen molar-refractivity contribution < 1.29 is 4.74 Å². The van der Waals surface area contributed by atoms with E-state index in [2.05, 4.69) is 65.8 Å². The summed E-state index contributed by atoms with van der Waals surface area (Å²) in [4.78, 5) is 0. The van der Waals surface area contributed by atoms with E-state index in [0.29, 0.717) is 17.3 Å². The molecule has 1 unspecified atom stereocenters. The molecule has 2 rings (SSSR count). The van der Waals surface area contributed by atoms with Crippen molar-refractivity contribution in [2.45, 2.75) is 60.3 Å². The van der Waals surface area contributed by atoms with Crippen LogP contribution in [0.5, 0.6) is 5.75 Å². The van der Waals surface area contributed by atoms with Gasteiger partial charge in [0.2, 0.25) is 0 Å². The van der Waals surface area contributed by atoms with Gasteiger partial charge in [-0.05, 0) is 46.9 Å². The van der Waals surface area contributed by atoms with E-state index < -0.39 is 0 Å². The van der Waals surface area contributed by atoms with E-state index in [1.807, 2.05) is 0 Å². The minimum atomic E-state index is 0.325. The zero-order valence-electron chi connectivity index (χ0n) is 13.8. The predicted octanol–water partition coefficient (Wildman–Crippen LogP) is 5.70. The number of rotatable bonds is 3. The largest absolute Gasteiger partial charge is 0.462 e. The van der Waals surface area contributed by atoms with Crippen LogP contribution in [0.3, 0.4) is 0 Å². The molecule has 0 amide bonds. The fourth-order valence-electron chi connectivity index (χ4n) is 2.36. The van der Waals surface area contributed by atoms with E-state index >= 15 is 0 Å². The van der Waals surface area contributed by atoms with Gasteiger partial charge in [-0.1, -0.05) is 53.7 Å². The maximum absolute atomic E-state index is 6.09. The second-order valence-corrected chi connectivity index (χ2v) is 7.47. The molecule has 0 saturated heterocycles. The number of hydrogen-bond donors (Lipinski definition) is 0. The van der Waals surface area contributed by atoms with Crippen LogP contribution >= 0.6 is 0 Å². The Hall–Kier alpha value is -1.24. The van der Waals surface area contributed by atoms with Crippen LogP contribution in [-0.2, 0) is 6.42 Å². The van der Waals surface area contributed by atoms with Crippen molar-refractivity contribution in [3.05, 3.63) is 41.2 Å². The highest BCUT2D eigenvalue weighted by Crippen LogP contribution is 2.35. The van der Waals surface area contributed by atoms with Crippen molar-refractivity contribution in [2.24, 2.45) is 11.3 Å². The van der Waals surface area contributed by atoms with Gasteiger partial charge in [0.1, 0.15) is 11.5 Å². The van der Waals surface area contributed by atoms with Crippen LogP contribution in [0.4, 0.5) is 0 Å². The van der Waals surface area contributed by atoms with Crippen molar-refractivity contribution in [2.75, 3.05) is 0 Å². The summed E-state index contributed by atoms with van der Waals surface area (Å²) >= 11 is 0. The molecule has 1 nitrogen and oxygen atoms in total. The van der Waals surface area contributed by atoms with Crippen LogP contribution < -0.4 is 4.74 Å². The Morgan fingerprint density at radius 3 is 2.45 bits per heavy atom.